The van der Waals surface area contributed by atoms with Crippen molar-refractivity contribution in [1.82, 2.24) is 24.1 Å². The van der Waals surface area contributed by atoms with Gasteiger partial charge in [0, 0.05) is 57.8 Å². The number of hydrogen-bond acceptors (Lipinski definition) is 4. The van der Waals surface area contributed by atoms with E-state index in [9.17, 15) is 9.59 Å². The van der Waals surface area contributed by atoms with Crippen LogP contribution in [0.4, 0.5) is 0 Å². The van der Waals surface area contributed by atoms with Crippen LogP contribution in [0.1, 0.15) is 41.0 Å². The van der Waals surface area contributed by atoms with Gasteiger partial charge in [-0.2, -0.15) is 5.10 Å². The highest BCUT2D eigenvalue weighted by Gasteiger charge is 2.22. The second-order valence-corrected chi connectivity index (χ2v) is 7.88. The summed E-state index contributed by atoms with van der Waals surface area (Å²) in [6.45, 7) is 7.71. The van der Waals surface area contributed by atoms with Crippen LogP contribution < -0.4 is 5.69 Å². The lowest BCUT2D eigenvalue weighted by Gasteiger charge is -2.34. The number of aryl methyl sites for hydroxylation is 3. The molecule has 1 aromatic carbocycles. The molecule has 1 fully saturated rings. The molecule has 0 N–H and O–H groups in total. The number of piperazine rings is 1. The highest BCUT2D eigenvalue weighted by molar-refractivity contribution is 5.94. The zero-order valence-corrected chi connectivity index (χ0v) is 16.6. The van der Waals surface area contributed by atoms with Gasteiger partial charge in [0.25, 0.3) is 5.91 Å². The van der Waals surface area contributed by atoms with E-state index in [4.69, 9.17) is 0 Å². The molecule has 2 aliphatic heterocycles. The monoisotopic (exact) mass is 383 g/mol. The van der Waals surface area contributed by atoms with Crippen molar-refractivity contribution in [2.45, 2.75) is 45.7 Å². The average molecular weight is 383 g/mol. The largest absolute Gasteiger partial charge is 0.345 e. The second kappa shape index (κ2) is 8.31. The number of carbonyl (C=O) groups is 1. The quantitative estimate of drug-likeness (QED) is 0.786. The number of aromatic nitrogens is 3. The minimum absolute atomic E-state index is 0.0446. The van der Waals surface area contributed by atoms with Gasteiger partial charge in [-0.3, -0.25) is 14.3 Å². The Hall–Kier alpha value is -2.41. The Bertz CT molecular complexity index is 875. The molecule has 0 aliphatic carbocycles. The molecule has 150 valence electrons. The maximum Gasteiger partial charge on any atom is 0.345 e. The van der Waals surface area contributed by atoms with Crippen LogP contribution in [0.25, 0.3) is 0 Å². The molecule has 7 nitrogen and oxygen atoms in total. The minimum Gasteiger partial charge on any atom is -0.336 e. The third-order valence-electron chi connectivity index (χ3n) is 5.83. The van der Waals surface area contributed by atoms with Gasteiger partial charge in [0.2, 0.25) is 0 Å². The van der Waals surface area contributed by atoms with Gasteiger partial charge in [-0.05, 0) is 38.3 Å². The summed E-state index contributed by atoms with van der Waals surface area (Å²) in [7, 11) is 0. The van der Waals surface area contributed by atoms with Crippen LogP contribution in [0.5, 0.6) is 0 Å². The fraction of sp³-hybridized carbons (Fsp3) is 0.571. The standard InChI is InChI=1S/C21H29N5O2/c1-17-6-8-18(9-7-17)20(27)24-15-13-23(14-16-24)10-4-12-26-21(28)25-11-3-2-5-19(25)22-26/h6-9H,2-5,10-16H2,1H3. The van der Waals surface area contributed by atoms with E-state index in [0.29, 0.717) is 6.54 Å². The van der Waals surface area contributed by atoms with Crippen LogP contribution in [0.3, 0.4) is 0 Å². The molecular weight excluding hydrogens is 354 g/mol. The van der Waals surface area contributed by atoms with E-state index in [1.165, 1.54) is 5.56 Å². The summed E-state index contributed by atoms with van der Waals surface area (Å²) < 4.78 is 3.47. The summed E-state index contributed by atoms with van der Waals surface area (Å²) >= 11 is 0. The van der Waals surface area contributed by atoms with E-state index in [1.54, 1.807) is 4.68 Å². The highest BCUT2D eigenvalue weighted by Crippen LogP contribution is 2.11. The first-order chi connectivity index (χ1) is 13.6. The molecule has 3 heterocycles. The third kappa shape index (κ3) is 4.04. The van der Waals surface area contributed by atoms with Gasteiger partial charge in [0.15, 0.2) is 0 Å². The highest BCUT2D eigenvalue weighted by atomic mass is 16.2. The third-order valence-corrected chi connectivity index (χ3v) is 5.83. The van der Waals surface area contributed by atoms with E-state index in [-0.39, 0.29) is 11.6 Å². The summed E-state index contributed by atoms with van der Waals surface area (Å²) in [5.74, 6) is 1.06. The van der Waals surface area contributed by atoms with Gasteiger partial charge in [-0.1, -0.05) is 17.7 Å². The molecule has 0 bridgehead atoms. The fourth-order valence-electron chi connectivity index (χ4n) is 4.09. The van der Waals surface area contributed by atoms with Gasteiger partial charge in [0.1, 0.15) is 5.82 Å². The number of rotatable bonds is 5. The summed E-state index contributed by atoms with van der Waals surface area (Å²) in [5.41, 5.74) is 1.98. The van der Waals surface area contributed by atoms with Gasteiger partial charge < -0.3 is 4.90 Å². The molecular formula is C21H29N5O2. The van der Waals surface area contributed by atoms with Gasteiger partial charge in [-0.25, -0.2) is 9.48 Å². The fourth-order valence-corrected chi connectivity index (χ4v) is 4.09. The molecule has 7 heteroatoms. The van der Waals surface area contributed by atoms with E-state index in [0.717, 1.165) is 76.3 Å². The van der Waals surface area contributed by atoms with E-state index in [2.05, 4.69) is 10.00 Å². The maximum atomic E-state index is 12.6. The van der Waals surface area contributed by atoms with Crippen LogP contribution in [0, 0.1) is 6.92 Å². The first-order valence-electron chi connectivity index (χ1n) is 10.4. The van der Waals surface area contributed by atoms with Crippen molar-refractivity contribution >= 4 is 5.91 Å². The van der Waals surface area contributed by atoms with Crippen molar-refractivity contribution < 1.29 is 4.79 Å². The summed E-state index contributed by atoms with van der Waals surface area (Å²) in [4.78, 5) is 29.3. The summed E-state index contributed by atoms with van der Waals surface area (Å²) in [5, 5.41) is 4.50. The van der Waals surface area contributed by atoms with Crippen molar-refractivity contribution in [2.24, 2.45) is 0 Å². The molecule has 1 saturated heterocycles. The molecule has 0 saturated carbocycles. The zero-order chi connectivity index (χ0) is 19.5. The number of benzene rings is 1. The lowest BCUT2D eigenvalue weighted by molar-refractivity contribution is 0.0634. The predicted molar refractivity (Wildman–Crippen MR) is 108 cm³/mol. The Balaban J connectivity index is 1.24. The van der Waals surface area contributed by atoms with Crippen LogP contribution in [-0.2, 0) is 19.5 Å². The van der Waals surface area contributed by atoms with E-state index in [1.807, 2.05) is 40.7 Å². The molecule has 0 atom stereocenters. The van der Waals surface area contributed by atoms with Gasteiger partial charge >= 0.3 is 5.69 Å². The Morgan fingerprint density at radius 2 is 1.75 bits per heavy atom. The van der Waals surface area contributed by atoms with Crippen molar-refractivity contribution in [3.8, 4) is 0 Å². The molecule has 0 radical (unpaired) electrons. The van der Waals surface area contributed by atoms with Gasteiger partial charge in [0.05, 0.1) is 0 Å². The van der Waals surface area contributed by atoms with Crippen molar-refractivity contribution in [3.05, 3.63) is 51.7 Å². The Kier molecular flexibility index (Phi) is 5.62. The number of hydrogen-bond donors (Lipinski definition) is 0. The number of fused-ring (bicyclic) bond motifs is 1. The average Bonchev–Trinajstić information content (AvgIpc) is 3.05. The first kappa shape index (κ1) is 18.9. The van der Waals surface area contributed by atoms with Crippen LogP contribution in [0.15, 0.2) is 29.1 Å². The van der Waals surface area contributed by atoms with Crippen molar-refractivity contribution in [3.63, 3.8) is 0 Å². The lowest BCUT2D eigenvalue weighted by atomic mass is 10.1. The molecule has 2 aliphatic rings. The molecule has 1 aromatic heterocycles. The summed E-state index contributed by atoms with van der Waals surface area (Å²) in [6, 6.07) is 7.79. The van der Waals surface area contributed by atoms with Crippen molar-refractivity contribution in [1.29, 1.82) is 0 Å². The Labute approximate surface area is 165 Å². The topological polar surface area (TPSA) is 63.4 Å². The Morgan fingerprint density at radius 3 is 2.46 bits per heavy atom. The number of amides is 1. The van der Waals surface area contributed by atoms with E-state index < -0.39 is 0 Å². The van der Waals surface area contributed by atoms with Crippen molar-refractivity contribution in [2.75, 3.05) is 32.7 Å². The van der Waals surface area contributed by atoms with Crippen LogP contribution in [0.2, 0.25) is 0 Å². The number of carbonyl (C=O) groups excluding carboxylic acids is 1. The molecule has 28 heavy (non-hydrogen) atoms. The smallest absolute Gasteiger partial charge is 0.336 e. The molecule has 2 aromatic rings. The molecule has 0 spiro atoms. The molecule has 4 rings (SSSR count). The first-order valence-corrected chi connectivity index (χ1v) is 10.4. The second-order valence-electron chi connectivity index (χ2n) is 7.88. The number of nitrogens with zero attached hydrogens (tertiary/aromatic N) is 5. The van der Waals surface area contributed by atoms with Gasteiger partial charge in [-0.15, -0.1) is 0 Å². The SMILES string of the molecule is Cc1ccc(C(=O)N2CCN(CCCn3nc4n(c3=O)CCCC4)CC2)cc1. The molecule has 1 amide bonds. The summed E-state index contributed by atoms with van der Waals surface area (Å²) in [6.07, 6.45) is 4.02. The maximum absolute atomic E-state index is 12.6. The van der Waals surface area contributed by atoms with Crippen LogP contribution in [-0.4, -0.2) is 62.8 Å². The molecule has 0 unspecified atom stereocenters. The normalized spacial score (nSPS) is 17.5. The predicted octanol–water partition coefficient (Wildman–Crippen LogP) is 1.54. The minimum atomic E-state index is 0.0446. The Morgan fingerprint density at radius 1 is 1.00 bits per heavy atom. The lowest BCUT2D eigenvalue weighted by Crippen LogP contribution is -2.49. The van der Waals surface area contributed by atoms with E-state index >= 15 is 0 Å². The zero-order valence-electron chi connectivity index (χ0n) is 16.6. The van der Waals surface area contributed by atoms with Crippen LogP contribution >= 0.6 is 0 Å².